The highest BCUT2D eigenvalue weighted by molar-refractivity contribution is 7.79. The lowest BCUT2D eigenvalue weighted by Crippen LogP contribution is -2.31. The van der Waals surface area contributed by atoms with Gasteiger partial charge in [0.25, 0.3) is 0 Å². The molecule has 1 aromatic heterocycles. The first-order valence-corrected chi connectivity index (χ1v) is 13.8. The highest BCUT2D eigenvalue weighted by atomic mass is 31.1. The van der Waals surface area contributed by atoms with Crippen molar-refractivity contribution in [3.63, 3.8) is 0 Å². The zero-order valence-electron chi connectivity index (χ0n) is 20.8. The highest BCUT2D eigenvalue weighted by Crippen LogP contribution is 2.36. The molecular formula is C33H31N2P. The molecule has 1 heterocycles. The van der Waals surface area contributed by atoms with Gasteiger partial charge in [0.05, 0.1) is 11.7 Å². The molecule has 0 spiro atoms. The summed E-state index contributed by atoms with van der Waals surface area (Å²) in [4.78, 5) is 4.73. The molecule has 0 aliphatic carbocycles. The SMILES string of the molecule is Cc1cccc(C(NC(C)c2ccccc2P(c2ccccc2)c2ccccc2)c2ccccn2)c1. The summed E-state index contributed by atoms with van der Waals surface area (Å²) in [5.41, 5.74) is 4.83. The maximum Gasteiger partial charge on any atom is 0.0756 e. The quantitative estimate of drug-likeness (QED) is 0.250. The van der Waals surface area contributed by atoms with E-state index in [9.17, 15) is 0 Å². The van der Waals surface area contributed by atoms with Crippen LogP contribution in [0, 0.1) is 6.92 Å². The minimum atomic E-state index is -0.694. The summed E-state index contributed by atoms with van der Waals surface area (Å²) in [5.74, 6) is 0. The Morgan fingerprint density at radius 1 is 0.667 bits per heavy atom. The molecule has 0 radical (unpaired) electrons. The molecule has 1 N–H and O–H groups in total. The fraction of sp³-hybridized carbons (Fsp3) is 0.121. The number of aromatic nitrogens is 1. The average Bonchev–Trinajstić information content (AvgIpc) is 2.94. The van der Waals surface area contributed by atoms with Gasteiger partial charge in [-0.05, 0) is 60.9 Å². The monoisotopic (exact) mass is 486 g/mol. The third-order valence-corrected chi connectivity index (χ3v) is 8.97. The number of pyridine rings is 1. The van der Waals surface area contributed by atoms with Gasteiger partial charge in [0.2, 0.25) is 0 Å². The van der Waals surface area contributed by atoms with E-state index in [0.717, 1.165) is 5.69 Å². The fourth-order valence-corrected chi connectivity index (χ4v) is 7.28. The van der Waals surface area contributed by atoms with Crippen LogP contribution < -0.4 is 21.2 Å². The molecule has 4 aromatic carbocycles. The van der Waals surface area contributed by atoms with Gasteiger partial charge in [0.1, 0.15) is 0 Å². The molecule has 0 bridgehead atoms. The van der Waals surface area contributed by atoms with Gasteiger partial charge in [-0.25, -0.2) is 0 Å². The van der Waals surface area contributed by atoms with Crippen molar-refractivity contribution in [2.75, 3.05) is 0 Å². The van der Waals surface area contributed by atoms with Crippen LogP contribution in [0.4, 0.5) is 0 Å². The Balaban J connectivity index is 1.56. The summed E-state index contributed by atoms with van der Waals surface area (Å²) in [6.07, 6.45) is 1.88. The molecule has 3 heteroatoms. The third-order valence-electron chi connectivity index (χ3n) is 6.45. The molecule has 2 atom stereocenters. The molecule has 0 fully saturated rings. The van der Waals surface area contributed by atoms with Gasteiger partial charge in [-0.1, -0.05) is 121 Å². The average molecular weight is 487 g/mol. The molecule has 0 saturated heterocycles. The summed E-state index contributed by atoms with van der Waals surface area (Å²) in [5, 5.41) is 8.04. The van der Waals surface area contributed by atoms with Crippen LogP contribution in [0.25, 0.3) is 0 Å². The summed E-state index contributed by atoms with van der Waals surface area (Å²) in [6, 6.07) is 45.7. The molecule has 0 aliphatic heterocycles. The largest absolute Gasteiger partial charge is 0.298 e. The first kappa shape index (κ1) is 24.1. The van der Waals surface area contributed by atoms with Crippen LogP contribution >= 0.6 is 7.92 Å². The molecule has 2 unspecified atom stereocenters. The molecule has 36 heavy (non-hydrogen) atoms. The van der Waals surface area contributed by atoms with Crippen LogP contribution in [-0.4, -0.2) is 4.98 Å². The van der Waals surface area contributed by atoms with Gasteiger partial charge in [-0.2, -0.15) is 0 Å². The number of hydrogen-bond acceptors (Lipinski definition) is 2. The van der Waals surface area contributed by atoms with Crippen molar-refractivity contribution in [2.24, 2.45) is 0 Å². The Bertz CT molecular complexity index is 1350. The Labute approximate surface area is 215 Å². The van der Waals surface area contributed by atoms with Crippen LogP contribution in [0.3, 0.4) is 0 Å². The molecule has 0 aliphatic rings. The lowest BCUT2D eigenvalue weighted by molar-refractivity contribution is 0.510. The van der Waals surface area contributed by atoms with Crippen molar-refractivity contribution in [1.82, 2.24) is 10.3 Å². The van der Waals surface area contributed by atoms with E-state index in [0.29, 0.717) is 0 Å². The Hall–Kier alpha value is -3.58. The maximum absolute atomic E-state index is 4.73. The van der Waals surface area contributed by atoms with Crippen molar-refractivity contribution in [2.45, 2.75) is 25.9 Å². The van der Waals surface area contributed by atoms with Gasteiger partial charge in [-0.3, -0.25) is 10.3 Å². The number of nitrogens with zero attached hydrogens (tertiary/aromatic N) is 1. The molecule has 178 valence electrons. The van der Waals surface area contributed by atoms with E-state index in [2.05, 4.69) is 140 Å². The van der Waals surface area contributed by atoms with Crippen LogP contribution in [0.2, 0.25) is 0 Å². The molecule has 0 amide bonds. The minimum Gasteiger partial charge on any atom is -0.298 e. The smallest absolute Gasteiger partial charge is 0.0756 e. The van der Waals surface area contributed by atoms with Gasteiger partial charge < -0.3 is 0 Å². The minimum absolute atomic E-state index is 0.00571. The summed E-state index contributed by atoms with van der Waals surface area (Å²) < 4.78 is 0. The topological polar surface area (TPSA) is 24.9 Å². The Kier molecular flexibility index (Phi) is 7.67. The number of hydrogen-bond donors (Lipinski definition) is 1. The summed E-state index contributed by atoms with van der Waals surface area (Å²) in [6.45, 7) is 4.42. The van der Waals surface area contributed by atoms with E-state index < -0.39 is 7.92 Å². The second-order valence-electron chi connectivity index (χ2n) is 9.06. The van der Waals surface area contributed by atoms with Gasteiger partial charge >= 0.3 is 0 Å². The maximum atomic E-state index is 4.73. The van der Waals surface area contributed by atoms with Crippen molar-refractivity contribution in [1.29, 1.82) is 0 Å². The number of aryl methyl sites for hydroxylation is 1. The predicted octanol–water partition coefficient (Wildman–Crippen LogP) is 6.59. The lowest BCUT2D eigenvalue weighted by Gasteiger charge is -2.28. The first-order valence-electron chi connectivity index (χ1n) is 12.4. The normalized spacial score (nSPS) is 12.9. The van der Waals surface area contributed by atoms with Crippen LogP contribution in [0.5, 0.6) is 0 Å². The van der Waals surface area contributed by atoms with Crippen molar-refractivity contribution in [3.8, 4) is 0 Å². The second kappa shape index (κ2) is 11.4. The fourth-order valence-electron chi connectivity index (χ4n) is 4.73. The second-order valence-corrected chi connectivity index (χ2v) is 11.2. The van der Waals surface area contributed by atoms with E-state index in [-0.39, 0.29) is 12.1 Å². The van der Waals surface area contributed by atoms with Gasteiger partial charge in [0, 0.05) is 12.2 Å². The van der Waals surface area contributed by atoms with Crippen LogP contribution in [0.1, 0.15) is 41.4 Å². The molecule has 2 nitrogen and oxygen atoms in total. The van der Waals surface area contributed by atoms with Crippen molar-refractivity contribution in [3.05, 3.63) is 156 Å². The van der Waals surface area contributed by atoms with Crippen LogP contribution in [-0.2, 0) is 0 Å². The van der Waals surface area contributed by atoms with Crippen LogP contribution in [0.15, 0.2) is 134 Å². The van der Waals surface area contributed by atoms with E-state index >= 15 is 0 Å². The van der Waals surface area contributed by atoms with Crippen molar-refractivity contribution >= 4 is 23.8 Å². The van der Waals surface area contributed by atoms with E-state index in [1.54, 1.807) is 0 Å². The lowest BCUT2D eigenvalue weighted by atomic mass is 9.98. The predicted molar refractivity (Wildman–Crippen MR) is 154 cm³/mol. The zero-order valence-corrected chi connectivity index (χ0v) is 21.6. The summed E-state index contributed by atoms with van der Waals surface area (Å²) in [7, 11) is -0.694. The van der Waals surface area contributed by atoms with Gasteiger partial charge in [-0.15, -0.1) is 0 Å². The number of rotatable bonds is 8. The Morgan fingerprint density at radius 2 is 1.31 bits per heavy atom. The third kappa shape index (κ3) is 5.46. The van der Waals surface area contributed by atoms with E-state index in [1.165, 1.54) is 32.6 Å². The zero-order chi connectivity index (χ0) is 24.7. The number of nitrogens with one attached hydrogen (secondary N) is 1. The van der Waals surface area contributed by atoms with Gasteiger partial charge in [0.15, 0.2) is 0 Å². The standard InChI is InChI=1S/C33H31N2P/c1-25-14-13-15-27(24-25)33(31-21-11-12-23-34-31)35-26(2)30-20-9-10-22-32(30)36(28-16-5-3-6-17-28)29-18-7-4-8-19-29/h3-24,26,33,35H,1-2H3. The number of benzene rings is 4. The molecule has 0 saturated carbocycles. The highest BCUT2D eigenvalue weighted by Gasteiger charge is 2.24. The van der Waals surface area contributed by atoms with Crippen molar-refractivity contribution < 1.29 is 0 Å². The van der Waals surface area contributed by atoms with E-state index in [4.69, 9.17) is 4.98 Å². The first-order chi connectivity index (χ1) is 17.7. The molecule has 5 rings (SSSR count). The summed E-state index contributed by atoms with van der Waals surface area (Å²) >= 11 is 0. The Morgan fingerprint density at radius 3 is 1.94 bits per heavy atom. The molecular weight excluding hydrogens is 455 g/mol. The molecule has 5 aromatic rings. The van der Waals surface area contributed by atoms with E-state index in [1.807, 2.05) is 12.3 Å².